The average Bonchev–Trinajstić information content (AvgIpc) is 2.75. The summed E-state index contributed by atoms with van der Waals surface area (Å²) in [6.07, 6.45) is 3.20. The number of allylic oxidation sites excluding steroid dienone is 1. The molecule has 4 rings (SSSR count). The van der Waals surface area contributed by atoms with Crippen LogP contribution in [0, 0.1) is 23.7 Å². The number of halogens is 1. The zero-order valence-electron chi connectivity index (χ0n) is 16.6. The first kappa shape index (κ1) is 21.0. The summed E-state index contributed by atoms with van der Waals surface area (Å²) in [5.74, 6) is 5.13. The van der Waals surface area contributed by atoms with Crippen molar-refractivity contribution in [1.82, 2.24) is 10.2 Å². The van der Waals surface area contributed by atoms with E-state index in [9.17, 15) is 9.59 Å². The molecule has 5 nitrogen and oxygen atoms in total. The van der Waals surface area contributed by atoms with Crippen LogP contribution in [0.5, 0.6) is 0 Å². The predicted molar refractivity (Wildman–Crippen MR) is 118 cm³/mol. The molecule has 0 aromatic heterocycles. The summed E-state index contributed by atoms with van der Waals surface area (Å²) < 4.78 is 0. The van der Waals surface area contributed by atoms with E-state index in [0.717, 1.165) is 17.7 Å². The number of carbonyl (C=O) groups is 2. The molecule has 1 saturated carbocycles. The number of rotatable bonds is 3. The molecule has 1 aliphatic carbocycles. The van der Waals surface area contributed by atoms with Crippen molar-refractivity contribution in [2.45, 2.75) is 37.6 Å². The number of aliphatic hydroxyl groups is 1. The van der Waals surface area contributed by atoms with Crippen molar-refractivity contribution >= 4 is 35.1 Å². The molecule has 1 amide bonds. The molecule has 0 radical (unpaired) electrons. The van der Waals surface area contributed by atoms with Gasteiger partial charge in [-0.05, 0) is 42.9 Å². The molecule has 1 aromatic rings. The standard InChI is InChI=1S/C23H23ClN2O3S/c1-14-13-30-20-10-16(3-2-8-27)9-18-21(20)26(14)12-19(22(18)28)23(29)25-11-15-4-6-17(24)7-5-15/h4-7,12-13,16,18,20-21,27H,8-11H2,1H3,(H,25,29). The van der Waals surface area contributed by atoms with E-state index in [4.69, 9.17) is 16.7 Å². The van der Waals surface area contributed by atoms with E-state index in [1.165, 1.54) is 0 Å². The first-order valence-corrected chi connectivity index (χ1v) is 11.3. The topological polar surface area (TPSA) is 69.6 Å². The summed E-state index contributed by atoms with van der Waals surface area (Å²) in [5, 5.41) is 14.9. The molecule has 1 fully saturated rings. The molecule has 2 heterocycles. The van der Waals surface area contributed by atoms with Gasteiger partial charge in [-0.3, -0.25) is 9.59 Å². The number of nitrogens with zero attached hydrogens (tertiary/aromatic N) is 1. The lowest BCUT2D eigenvalue weighted by atomic mass is 9.72. The molecular formula is C23H23ClN2O3S. The van der Waals surface area contributed by atoms with E-state index >= 15 is 0 Å². The third-order valence-electron chi connectivity index (χ3n) is 5.86. The molecule has 4 atom stereocenters. The van der Waals surface area contributed by atoms with Crippen LogP contribution in [0.15, 0.2) is 47.1 Å². The van der Waals surface area contributed by atoms with Crippen LogP contribution in [0.3, 0.4) is 0 Å². The van der Waals surface area contributed by atoms with Gasteiger partial charge in [0.1, 0.15) is 6.61 Å². The number of hydrogen-bond acceptors (Lipinski definition) is 5. The molecule has 2 aliphatic heterocycles. The predicted octanol–water partition coefficient (Wildman–Crippen LogP) is 3.09. The van der Waals surface area contributed by atoms with E-state index in [2.05, 4.69) is 27.5 Å². The molecular weight excluding hydrogens is 420 g/mol. The van der Waals surface area contributed by atoms with Crippen molar-refractivity contribution in [2.24, 2.45) is 11.8 Å². The van der Waals surface area contributed by atoms with Crippen LogP contribution in [-0.4, -0.2) is 39.6 Å². The molecule has 4 unspecified atom stereocenters. The van der Waals surface area contributed by atoms with Crippen LogP contribution >= 0.6 is 23.4 Å². The quantitative estimate of drug-likeness (QED) is 0.556. The number of aliphatic hydroxyl groups excluding tert-OH is 1. The Morgan fingerprint density at radius 3 is 2.83 bits per heavy atom. The highest BCUT2D eigenvalue weighted by Gasteiger charge is 2.49. The van der Waals surface area contributed by atoms with Gasteiger partial charge < -0.3 is 15.3 Å². The van der Waals surface area contributed by atoms with Crippen molar-refractivity contribution in [2.75, 3.05) is 6.61 Å². The number of hydrogen-bond donors (Lipinski definition) is 2. The Morgan fingerprint density at radius 1 is 1.33 bits per heavy atom. The van der Waals surface area contributed by atoms with E-state index < -0.39 is 0 Å². The Balaban J connectivity index is 1.56. The maximum absolute atomic E-state index is 13.3. The zero-order valence-corrected chi connectivity index (χ0v) is 18.2. The van der Waals surface area contributed by atoms with Crippen LogP contribution < -0.4 is 5.32 Å². The van der Waals surface area contributed by atoms with E-state index in [0.29, 0.717) is 18.0 Å². The second kappa shape index (κ2) is 8.89. The maximum Gasteiger partial charge on any atom is 0.256 e. The fraction of sp³-hybridized carbons (Fsp3) is 0.391. The van der Waals surface area contributed by atoms with Gasteiger partial charge in [0.15, 0.2) is 5.78 Å². The Morgan fingerprint density at radius 2 is 2.10 bits per heavy atom. The van der Waals surface area contributed by atoms with Crippen molar-refractivity contribution in [3.05, 3.63) is 57.7 Å². The summed E-state index contributed by atoms with van der Waals surface area (Å²) in [7, 11) is 0. The average molecular weight is 443 g/mol. The normalized spacial score (nSPS) is 27.3. The van der Waals surface area contributed by atoms with E-state index in [-0.39, 0.29) is 47.0 Å². The van der Waals surface area contributed by atoms with E-state index in [1.807, 2.05) is 19.1 Å². The summed E-state index contributed by atoms with van der Waals surface area (Å²) in [4.78, 5) is 28.3. The molecule has 7 heteroatoms. The molecule has 0 saturated heterocycles. The minimum Gasteiger partial charge on any atom is -0.384 e. The van der Waals surface area contributed by atoms with Crippen molar-refractivity contribution in [3.63, 3.8) is 0 Å². The summed E-state index contributed by atoms with van der Waals surface area (Å²) in [6.45, 7) is 2.15. The lowest BCUT2D eigenvalue weighted by Gasteiger charge is -2.50. The Labute approximate surface area is 185 Å². The number of amides is 1. The maximum atomic E-state index is 13.3. The van der Waals surface area contributed by atoms with Crippen molar-refractivity contribution in [3.8, 4) is 11.8 Å². The van der Waals surface area contributed by atoms with Crippen LogP contribution in [-0.2, 0) is 16.1 Å². The highest BCUT2D eigenvalue weighted by atomic mass is 35.5. The van der Waals surface area contributed by atoms with Gasteiger partial charge in [-0.2, -0.15) is 0 Å². The van der Waals surface area contributed by atoms with Gasteiger partial charge in [0.05, 0.1) is 11.6 Å². The summed E-state index contributed by atoms with van der Waals surface area (Å²) >= 11 is 7.65. The highest BCUT2D eigenvalue weighted by molar-refractivity contribution is 8.02. The van der Waals surface area contributed by atoms with Gasteiger partial charge in [-0.15, -0.1) is 11.8 Å². The lowest BCUT2D eigenvalue weighted by molar-refractivity contribution is -0.127. The third-order valence-corrected chi connectivity index (χ3v) is 7.41. The summed E-state index contributed by atoms with van der Waals surface area (Å²) in [5.41, 5.74) is 2.15. The number of thioether (sulfide) groups is 1. The fourth-order valence-electron chi connectivity index (χ4n) is 4.42. The van der Waals surface area contributed by atoms with Crippen molar-refractivity contribution in [1.29, 1.82) is 0 Å². The number of ketones is 1. The molecule has 0 spiro atoms. The molecule has 0 bridgehead atoms. The van der Waals surface area contributed by atoms with Crippen LogP contribution in [0.2, 0.25) is 5.02 Å². The van der Waals surface area contributed by atoms with Crippen LogP contribution in [0.1, 0.15) is 25.3 Å². The zero-order chi connectivity index (χ0) is 21.3. The number of Topliss-reactive ketones (excluding diaryl/α,β-unsaturated/α-hetero) is 1. The molecule has 156 valence electrons. The minimum atomic E-state index is -0.362. The van der Waals surface area contributed by atoms with Gasteiger partial charge >= 0.3 is 0 Å². The van der Waals surface area contributed by atoms with Gasteiger partial charge in [-0.25, -0.2) is 0 Å². The number of carbonyl (C=O) groups excluding carboxylic acids is 2. The fourth-order valence-corrected chi connectivity index (χ4v) is 5.87. The monoisotopic (exact) mass is 442 g/mol. The lowest BCUT2D eigenvalue weighted by Crippen LogP contribution is -2.56. The molecule has 2 N–H and O–H groups in total. The Kier molecular flexibility index (Phi) is 6.24. The summed E-state index contributed by atoms with van der Waals surface area (Å²) in [6, 6.07) is 7.29. The first-order valence-electron chi connectivity index (χ1n) is 9.96. The molecule has 30 heavy (non-hydrogen) atoms. The first-order chi connectivity index (χ1) is 14.5. The van der Waals surface area contributed by atoms with Crippen LogP contribution in [0.4, 0.5) is 0 Å². The Bertz CT molecular complexity index is 976. The third kappa shape index (κ3) is 4.15. The second-order valence-electron chi connectivity index (χ2n) is 7.80. The smallest absolute Gasteiger partial charge is 0.256 e. The van der Waals surface area contributed by atoms with Crippen molar-refractivity contribution < 1.29 is 14.7 Å². The number of nitrogens with one attached hydrogen (secondary N) is 1. The Hall–Kier alpha value is -2.20. The van der Waals surface area contributed by atoms with Gasteiger partial charge in [-0.1, -0.05) is 35.6 Å². The molecule has 3 aliphatic rings. The number of benzene rings is 1. The van der Waals surface area contributed by atoms with E-state index in [1.54, 1.807) is 30.1 Å². The molecule has 1 aromatic carbocycles. The van der Waals surface area contributed by atoms with Gasteiger partial charge in [0.2, 0.25) is 0 Å². The minimum absolute atomic E-state index is 0.0463. The highest BCUT2D eigenvalue weighted by Crippen LogP contribution is 2.46. The van der Waals surface area contributed by atoms with Gasteiger partial charge in [0.25, 0.3) is 5.91 Å². The SMILES string of the molecule is CC1=CSC2CC(C#CCO)CC3C(=O)C(C(=O)NCc4ccc(Cl)cc4)=CN1C23. The van der Waals surface area contributed by atoms with Gasteiger partial charge in [0, 0.05) is 40.6 Å². The van der Waals surface area contributed by atoms with Crippen LogP contribution in [0.25, 0.3) is 0 Å². The second-order valence-corrected chi connectivity index (χ2v) is 9.35. The largest absolute Gasteiger partial charge is 0.384 e.